The van der Waals surface area contributed by atoms with Crippen LogP contribution in [0.15, 0.2) is 6.20 Å². The van der Waals surface area contributed by atoms with Gasteiger partial charge in [0.1, 0.15) is 5.75 Å². The van der Waals surface area contributed by atoms with E-state index in [1.165, 1.54) is 0 Å². The zero-order valence-corrected chi connectivity index (χ0v) is 13.4. The van der Waals surface area contributed by atoms with Crippen LogP contribution in [0.1, 0.15) is 49.4 Å². The van der Waals surface area contributed by atoms with E-state index in [1.807, 2.05) is 13.8 Å². The Morgan fingerprint density at radius 2 is 2.05 bits per heavy atom. The highest BCUT2D eigenvalue weighted by atomic mass is 16.5. The van der Waals surface area contributed by atoms with Crippen LogP contribution < -0.4 is 4.74 Å². The number of pyridine rings is 1. The van der Waals surface area contributed by atoms with Gasteiger partial charge in [-0.05, 0) is 45.4 Å². The quantitative estimate of drug-likeness (QED) is 0.922. The molecule has 1 fully saturated rings. The maximum Gasteiger partial charge on any atom is 0.310 e. The lowest BCUT2D eigenvalue weighted by molar-refractivity contribution is -0.151. The summed E-state index contributed by atoms with van der Waals surface area (Å²) in [6.07, 6.45) is 5.71. The molecule has 4 heteroatoms. The predicted molar refractivity (Wildman–Crippen MR) is 81.7 cm³/mol. The van der Waals surface area contributed by atoms with Gasteiger partial charge < -0.3 is 9.84 Å². The highest BCUT2D eigenvalue weighted by Gasteiger charge is 2.42. The molecule has 0 saturated heterocycles. The van der Waals surface area contributed by atoms with Crippen molar-refractivity contribution in [2.24, 2.45) is 11.3 Å². The van der Waals surface area contributed by atoms with Gasteiger partial charge in [0.15, 0.2) is 0 Å². The summed E-state index contributed by atoms with van der Waals surface area (Å²) in [7, 11) is 1.65. The molecule has 1 heterocycles. The van der Waals surface area contributed by atoms with Gasteiger partial charge in [-0.25, -0.2) is 0 Å². The SMILES string of the molecule is COc1c(C)cnc(CC2(C(=O)O)CCC(C)CC2)c1C. The second-order valence-electron chi connectivity index (χ2n) is 6.49. The second-order valence-corrected chi connectivity index (χ2v) is 6.49. The molecule has 0 amide bonds. The Bertz CT molecular complexity index is 531. The molecule has 0 aromatic carbocycles. The summed E-state index contributed by atoms with van der Waals surface area (Å²) in [4.78, 5) is 16.3. The lowest BCUT2D eigenvalue weighted by Gasteiger charge is -2.36. The molecule has 0 spiro atoms. The number of aliphatic carboxylic acids is 1. The van der Waals surface area contributed by atoms with Gasteiger partial charge in [0, 0.05) is 29.4 Å². The summed E-state index contributed by atoms with van der Waals surface area (Å²) in [5.41, 5.74) is 2.15. The van der Waals surface area contributed by atoms with Crippen molar-refractivity contribution >= 4 is 5.97 Å². The monoisotopic (exact) mass is 291 g/mol. The molecule has 0 aliphatic heterocycles. The minimum atomic E-state index is -0.685. The number of aryl methyl sites for hydroxylation is 1. The minimum absolute atomic E-state index is 0.498. The first-order valence-electron chi connectivity index (χ1n) is 7.62. The van der Waals surface area contributed by atoms with E-state index in [4.69, 9.17) is 4.74 Å². The summed E-state index contributed by atoms with van der Waals surface area (Å²) in [5, 5.41) is 9.75. The average molecular weight is 291 g/mol. The van der Waals surface area contributed by atoms with Crippen LogP contribution in [0, 0.1) is 25.2 Å². The van der Waals surface area contributed by atoms with Crippen molar-refractivity contribution in [1.29, 1.82) is 0 Å². The molecule has 21 heavy (non-hydrogen) atoms. The minimum Gasteiger partial charge on any atom is -0.496 e. The van der Waals surface area contributed by atoms with Gasteiger partial charge in [0.05, 0.1) is 12.5 Å². The van der Waals surface area contributed by atoms with Gasteiger partial charge >= 0.3 is 5.97 Å². The molecule has 2 rings (SSSR count). The summed E-state index contributed by atoms with van der Waals surface area (Å²) < 4.78 is 5.43. The molecule has 4 nitrogen and oxygen atoms in total. The van der Waals surface area contributed by atoms with Crippen molar-refractivity contribution in [2.45, 2.75) is 52.9 Å². The number of ether oxygens (including phenoxy) is 1. The van der Waals surface area contributed by atoms with Crippen LogP contribution in [0.25, 0.3) is 0 Å². The van der Waals surface area contributed by atoms with Crippen LogP contribution in [0.5, 0.6) is 5.75 Å². The third kappa shape index (κ3) is 3.04. The lowest BCUT2D eigenvalue weighted by atomic mass is 9.68. The molecule has 0 unspecified atom stereocenters. The van der Waals surface area contributed by atoms with Gasteiger partial charge in [0.2, 0.25) is 0 Å². The molecule has 116 valence electrons. The van der Waals surface area contributed by atoms with Crippen LogP contribution in [0.4, 0.5) is 0 Å². The van der Waals surface area contributed by atoms with E-state index in [0.717, 1.165) is 48.3 Å². The molecule has 1 aromatic rings. The summed E-state index contributed by atoms with van der Waals surface area (Å²) in [6, 6.07) is 0. The highest BCUT2D eigenvalue weighted by molar-refractivity contribution is 5.75. The fourth-order valence-electron chi connectivity index (χ4n) is 3.35. The van der Waals surface area contributed by atoms with Crippen molar-refractivity contribution in [3.8, 4) is 5.75 Å². The van der Waals surface area contributed by atoms with E-state index in [0.29, 0.717) is 12.3 Å². The van der Waals surface area contributed by atoms with Gasteiger partial charge in [-0.3, -0.25) is 9.78 Å². The first-order chi connectivity index (χ1) is 9.89. The molecule has 1 aliphatic rings. The van der Waals surface area contributed by atoms with E-state index >= 15 is 0 Å². The summed E-state index contributed by atoms with van der Waals surface area (Å²) >= 11 is 0. The zero-order chi connectivity index (χ0) is 15.6. The fourth-order valence-corrected chi connectivity index (χ4v) is 3.35. The smallest absolute Gasteiger partial charge is 0.310 e. The maximum atomic E-state index is 11.9. The first-order valence-corrected chi connectivity index (χ1v) is 7.62. The molecule has 1 saturated carbocycles. The summed E-state index contributed by atoms with van der Waals surface area (Å²) in [6.45, 7) is 6.12. The van der Waals surface area contributed by atoms with E-state index in [2.05, 4.69) is 11.9 Å². The normalized spacial score (nSPS) is 25.6. The Hall–Kier alpha value is -1.58. The fraction of sp³-hybridized carbons (Fsp3) is 0.647. The third-order valence-corrected chi connectivity index (χ3v) is 4.94. The van der Waals surface area contributed by atoms with Crippen LogP contribution in [0.2, 0.25) is 0 Å². The Morgan fingerprint density at radius 1 is 1.43 bits per heavy atom. The van der Waals surface area contributed by atoms with Crippen molar-refractivity contribution in [2.75, 3.05) is 7.11 Å². The number of nitrogens with zero attached hydrogens (tertiary/aromatic N) is 1. The Morgan fingerprint density at radius 3 is 2.57 bits per heavy atom. The van der Waals surface area contributed by atoms with Gasteiger partial charge in [0.25, 0.3) is 0 Å². The number of methoxy groups -OCH3 is 1. The number of hydrogen-bond donors (Lipinski definition) is 1. The predicted octanol–water partition coefficient (Wildman–Crippen LogP) is 3.53. The van der Waals surface area contributed by atoms with Gasteiger partial charge in [-0.1, -0.05) is 6.92 Å². The van der Waals surface area contributed by atoms with Crippen molar-refractivity contribution in [3.05, 3.63) is 23.0 Å². The average Bonchev–Trinajstić information content (AvgIpc) is 2.45. The van der Waals surface area contributed by atoms with E-state index < -0.39 is 11.4 Å². The molecule has 1 aromatic heterocycles. The van der Waals surface area contributed by atoms with Crippen molar-refractivity contribution in [3.63, 3.8) is 0 Å². The third-order valence-electron chi connectivity index (χ3n) is 4.94. The molecule has 0 bridgehead atoms. The van der Waals surface area contributed by atoms with Gasteiger partial charge in [-0.2, -0.15) is 0 Å². The van der Waals surface area contributed by atoms with E-state index in [-0.39, 0.29) is 0 Å². The Labute approximate surface area is 126 Å². The molecule has 0 radical (unpaired) electrons. The number of carboxylic acid groups (broad SMARTS) is 1. The Balaban J connectivity index is 2.32. The topological polar surface area (TPSA) is 59.4 Å². The number of aromatic nitrogens is 1. The number of carbonyl (C=O) groups is 1. The van der Waals surface area contributed by atoms with E-state index in [1.54, 1.807) is 13.3 Å². The zero-order valence-electron chi connectivity index (χ0n) is 13.4. The maximum absolute atomic E-state index is 11.9. The van der Waals surface area contributed by atoms with Crippen LogP contribution >= 0.6 is 0 Å². The number of carboxylic acids is 1. The van der Waals surface area contributed by atoms with Gasteiger partial charge in [-0.15, -0.1) is 0 Å². The molecule has 1 aliphatic carbocycles. The molecule has 1 N–H and O–H groups in total. The standard InChI is InChI=1S/C17H25NO3/c1-11-5-7-17(8-6-11,16(19)20)9-14-13(3)15(21-4)12(2)10-18-14/h10-11H,5-9H2,1-4H3,(H,19,20). The van der Waals surface area contributed by atoms with Crippen molar-refractivity contribution < 1.29 is 14.6 Å². The first kappa shape index (κ1) is 15.8. The van der Waals surface area contributed by atoms with E-state index in [9.17, 15) is 9.90 Å². The van der Waals surface area contributed by atoms with Crippen molar-refractivity contribution in [1.82, 2.24) is 4.98 Å². The van der Waals surface area contributed by atoms with Crippen LogP contribution in [-0.4, -0.2) is 23.2 Å². The molecule has 0 atom stereocenters. The molecular weight excluding hydrogens is 266 g/mol. The lowest BCUT2D eigenvalue weighted by Crippen LogP contribution is -2.37. The highest BCUT2D eigenvalue weighted by Crippen LogP contribution is 2.42. The van der Waals surface area contributed by atoms with Crippen LogP contribution in [-0.2, 0) is 11.2 Å². The summed E-state index contributed by atoms with van der Waals surface area (Å²) in [5.74, 6) is 0.763. The number of hydrogen-bond acceptors (Lipinski definition) is 3. The molecular formula is C17H25NO3. The number of rotatable bonds is 4. The van der Waals surface area contributed by atoms with Crippen LogP contribution in [0.3, 0.4) is 0 Å². The second kappa shape index (κ2) is 6.04. The Kier molecular flexibility index (Phi) is 4.55. The largest absolute Gasteiger partial charge is 0.496 e.